The van der Waals surface area contributed by atoms with Crippen LogP contribution >= 0.6 is 0 Å². The predicted molar refractivity (Wildman–Crippen MR) is 208 cm³/mol. The standard InChI is InChI=1S/C36H31N11O10S.2Na/c1-3-56-28-16-26(43-45-32-30(58(53,54)55)14-22-21(33(32)49)10-11-24(37)31(22)44-47-36-38-17-39-46-36)29(57-4-2)15-25(28)40-34(50)18-5-7-19(8-6-18)41-42-20-9-12-27(48)23(13-20)35(51)52;;/h5-17,43-44,48H,3-4,37H2,1-2H3,(H,40,50)(H,51,52)(H,53,54,55);;/q;2*+1/p-2. The number of ketones is 1. The number of rotatable bonds is 14. The molecule has 1 amide bonds. The fourth-order valence-electron chi connectivity index (χ4n) is 5.33. The van der Waals surface area contributed by atoms with Gasteiger partial charge in [0.25, 0.3) is 22.0 Å². The second-order valence-corrected chi connectivity index (χ2v) is 13.1. The van der Waals surface area contributed by atoms with Gasteiger partial charge in [-0.3, -0.25) is 25.0 Å². The Morgan fingerprint density at radius 3 is 2.17 bits per heavy atom. The average molecular weight is 854 g/mol. The first-order valence-electron chi connectivity index (χ1n) is 16.8. The third kappa shape index (κ3) is 10.8. The summed E-state index contributed by atoms with van der Waals surface area (Å²) >= 11 is 0. The Morgan fingerprint density at radius 2 is 1.53 bits per heavy atom. The fraction of sp³-hybridized carbons (Fsp3) is 0.111. The number of Topliss-reactive ketones (excluding diaryl/α,β-unsaturated/α-hetero) is 1. The van der Waals surface area contributed by atoms with E-state index in [-0.39, 0.29) is 135 Å². The quantitative estimate of drug-likeness (QED) is 0.0309. The maximum absolute atomic E-state index is 13.8. The number of nitrogens with two attached hydrogens (primary N) is 1. The van der Waals surface area contributed by atoms with E-state index in [1.807, 2.05) is 0 Å². The summed E-state index contributed by atoms with van der Waals surface area (Å²) in [5.41, 5.74) is 11.1. The molecule has 0 spiro atoms. The summed E-state index contributed by atoms with van der Waals surface area (Å²) in [6, 6.07) is 14.9. The summed E-state index contributed by atoms with van der Waals surface area (Å²) in [5, 5.41) is 48.8. The van der Waals surface area contributed by atoms with Crippen molar-refractivity contribution >= 4 is 86.0 Å². The number of allylic oxidation sites excluding steroid dienone is 1. The summed E-state index contributed by atoms with van der Waals surface area (Å²) in [5.74, 6) is -3.64. The zero-order valence-electron chi connectivity index (χ0n) is 32.2. The van der Waals surface area contributed by atoms with E-state index in [0.29, 0.717) is 5.69 Å². The number of nitrogen functional groups attached to an aromatic ring is 1. The van der Waals surface area contributed by atoms with E-state index >= 15 is 0 Å². The molecule has 60 heavy (non-hydrogen) atoms. The number of hydrogen-bond acceptors (Lipinski definition) is 17. The van der Waals surface area contributed by atoms with Crippen molar-refractivity contribution in [2.24, 2.45) is 35.7 Å². The minimum Gasteiger partial charge on any atom is -0.872 e. The number of amides is 1. The third-order valence-electron chi connectivity index (χ3n) is 7.98. The molecule has 1 heterocycles. The van der Waals surface area contributed by atoms with Gasteiger partial charge in [0.2, 0.25) is 5.78 Å². The van der Waals surface area contributed by atoms with Crippen LogP contribution in [0.1, 0.15) is 50.5 Å². The molecule has 4 aromatic rings. The van der Waals surface area contributed by atoms with Crippen molar-refractivity contribution in [3.63, 3.8) is 0 Å². The molecule has 0 atom stereocenters. The van der Waals surface area contributed by atoms with E-state index in [1.165, 1.54) is 54.6 Å². The molecule has 0 unspecified atom stereocenters. The van der Waals surface area contributed by atoms with E-state index in [4.69, 9.17) is 15.2 Å². The predicted octanol–water partition coefficient (Wildman–Crippen LogP) is -1.75. The summed E-state index contributed by atoms with van der Waals surface area (Å²) in [7, 11) is -5.06. The van der Waals surface area contributed by atoms with Crippen molar-refractivity contribution in [3.05, 3.63) is 93.9 Å². The second kappa shape index (κ2) is 20.4. The number of guanidine groups is 1. The Labute approximate surface area is 385 Å². The molecule has 4 aromatic carbocycles. The van der Waals surface area contributed by atoms with Gasteiger partial charge in [-0.25, -0.2) is 0 Å². The molecular weight excluding hydrogens is 825 g/mol. The summed E-state index contributed by atoms with van der Waals surface area (Å²) in [6.45, 7) is 3.67. The molecular formula is C36H29N11Na2O10S. The van der Waals surface area contributed by atoms with Gasteiger partial charge in [-0.15, -0.1) is 15.3 Å². The van der Waals surface area contributed by atoms with Crippen LogP contribution in [0.25, 0.3) is 6.08 Å². The van der Waals surface area contributed by atoms with Crippen molar-refractivity contribution in [3.8, 4) is 17.2 Å². The molecule has 0 aromatic heterocycles. The fourth-order valence-corrected chi connectivity index (χ4v) is 5.98. The molecule has 6 N–H and O–H groups in total. The smallest absolute Gasteiger partial charge is 0.872 e. The van der Waals surface area contributed by atoms with Crippen molar-refractivity contribution in [2.45, 2.75) is 13.8 Å². The van der Waals surface area contributed by atoms with E-state index in [0.717, 1.165) is 24.5 Å². The molecule has 0 bridgehead atoms. The number of aliphatic imine (C=N–C) groups is 1. The van der Waals surface area contributed by atoms with Gasteiger partial charge in [0.15, 0.2) is 5.71 Å². The third-order valence-corrected chi connectivity index (χ3v) is 8.84. The van der Waals surface area contributed by atoms with Crippen LogP contribution in [-0.2, 0) is 10.1 Å². The van der Waals surface area contributed by atoms with Crippen LogP contribution < -0.4 is 101 Å². The Bertz CT molecular complexity index is 2640. The van der Waals surface area contributed by atoms with Gasteiger partial charge in [-0.1, -0.05) is 11.8 Å². The SMILES string of the molecule is CCOc1cc(NC(=O)c2ccc(N=Nc3ccc([O-])c(C(=O)[O-])c3)cc2)c(OCC)cc1NN=C1C(=O)c2ccc(N)c(NN=C3N=CN=N3)c2C=C1S(=O)(=O)O.[Na+].[Na+]. The average Bonchev–Trinajstić information content (AvgIpc) is 3.71. The number of carboxylic acids is 1. The number of fused-ring (bicyclic) bond motifs is 1. The normalized spacial score (nSPS) is 14.2. The van der Waals surface area contributed by atoms with Crippen LogP contribution in [0.4, 0.5) is 34.1 Å². The number of ether oxygens (including phenoxy) is 2. The van der Waals surface area contributed by atoms with Crippen LogP contribution in [0.15, 0.2) is 107 Å². The largest absolute Gasteiger partial charge is 1.00 e. The number of nitrogens with one attached hydrogen (secondary N) is 3. The maximum Gasteiger partial charge on any atom is 1.00 e. The van der Waals surface area contributed by atoms with Crippen LogP contribution in [0, 0.1) is 0 Å². The van der Waals surface area contributed by atoms with Crippen molar-refractivity contribution in [1.82, 2.24) is 0 Å². The van der Waals surface area contributed by atoms with Gasteiger partial charge in [0.05, 0.1) is 47.6 Å². The zero-order chi connectivity index (χ0) is 41.6. The van der Waals surface area contributed by atoms with Crippen molar-refractivity contribution < 1.29 is 106 Å². The molecule has 0 saturated heterocycles. The number of hydrazone groups is 2. The Morgan fingerprint density at radius 1 is 0.883 bits per heavy atom. The molecule has 0 radical (unpaired) electrons. The minimum atomic E-state index is -5.06. The number of anilines is 4. The van der Waals surface area contributed by atoms with Crippen molar-refractivity contribution in [1.29, 1.82) is 0 Å². The zero-order valence-corrected chi connectivity index (χ0v) is 37.0. The number of hydrogen-bond donors (Lipinski definition) is 5. The van der Waals surface area contributed by atoms with E-state index in [1.54, 1.807) is 13.8 Å². The first kappa shape index (κ1) is 46.8. The van der Waals surface area contributed by atoms with Gasteiger partial charge in [0.1, 0.15) is 28.4 Å². The molecule has 1 aliphatic heterocycles. The van der Waals surface area contributed by atoms with E-state index < -0.39 is 49.7 Å². The number of carbonyl (C=O) groups excluding carboxylic acids is 3. The first-order chi connectivity index (χ1) is 27.8. The number of azo groups is 2. The van der Waals surface area contributed by atoms with Crippen molar-refractivity contribution in [2.75, 3.05) is 35.1 Å². The number of benzene rings is 4. The summed E-state index contributed by atoms with van der Waals surface area (Å²) in [6.07, 6.45) is 2.16. The Hall–Kier alpha value is -5.85. The van der Waals surface area contributed by atoms with E-state index in [2.05, 4.69) is 51.8 Å². The van der Waals surface area contributed by atoms with Gasteiger partial charge in [-0.2, -0.15) is 28.7 Å². The summed E-state index contributed by atoms with van der Waals surface area (Å²) < 4.78 is 47.0. The Balaban J connectivity index is 0.00000397. The molecule has 2 aliphatic rings. The van der Waals surface area contributed by atoms with Crippen LogP contribution in [0.3, 0.4) is 0 Å². The van der Waals surface area contributed by atoms with Crippen LogP contribution in [0.5, 0.6) is 17.2 Å². The second-order valence-electron chi connectivity index (χ2n) is 11.7. The van der Waals surface area contributed by atoms with Crippen LogP contribution in [-0.4, -0.2) is 61.9 Å². The van der Waals surface area contributed by atoms with Gasteiger partial charge in [0, 0.05) is 28.8 Å². The molecule has 1 aliphatic carbocycles. The summed E-state index contributed by atoms with van der Waals surface area (Å²) in [4.78, 5) is 41.2. The molecule has 24 heteroatoms. The minimum absolute atomic E-state index is 0. The molecule has 296 valence electrons. The molecule has 21 nitrogen and oxygen atoms in total. The topological polar surface area (TPSA) is 319 Å². The molecule has 0 fully saturated rings. The van der Waals surface area contributed by atoms with Gasteiger partial charge < -0.3 is 35.5 Å². The monoisotopic (exact) mass is 853 g/mol. The molecule has 0 saturated carbocycles. The molecule has 6 rings (SSSR count). The first-order valence-corrected chi connectivity index (χ1v) is 18.3. The van der Waals surface area contributed by atoms with Gasteiger partial charge in [-0.05, 0) is 74.0 Å². The maximum atomic E-state index is 13.8. The number of nitrogens with zero attached hydrogens (tertiary/aromatic N) is 7. The number of aromatic carboxylic acids is 1. The van der Waals surface area contributed by atoms with Crippen LogP contribution in [0.2, 0.25) is 0 Å². The Kier molecular flexibility index (Phi) is 15.9. The number of carboxylic acid groups (broad SMARTS) is 1. The van der Waals surface area contributed by atoms with Gasteiger partial charge >= 0.3 is 59.1 Å². The van der Waals surface area contributed by atoms with E-state index in [9.17, 15) is 37.6 Å². The number of carbonyl (C=O) groups is 3.